The molecule has 2 aliphatic rings. The number of benzene rings is 3. The molecule has 4 amide bonds. The molecule has 1 saturated carbocycles. The Labute approximate surface area is 302 Å². The number of hydrogen-bond acceptors (Lipinski definition) is 10. The number of carbonyl (C=O) groups excluding carboxylic acids is 4. The number of aromatic carboxylic acids is 1. The zero-order valence-corrected chi connectivity index (χ0v) is 28.8. The normalized spacial score (nSPS) is 18.4. The van der Waals surface area contributed by atoms with Gasteiger partial charge in [0.2, 0.25) is 11.8 Å². The van der Waals surface area contributed by atoms with Gasteiger partial charge in [0.25, 0.3) is 0 Å². The van der Waals surface area contributed by atoms with E-state index < -0.39 is 29.6 Å². The predicted molar refractivity (Wildman–Crippen MR) is 191 cm³/mol. The van der Waals surface area contributed by atoms with Gasteiger partial charge in [0, 0.05) is 29.8 Å². The van der Waals surface area contributed by atoms with E-state index in [2.05, 4.69) is 36.4 Å². The van der Waals surface area contributed by atoms with Crippen LogP contribution in [0, 0.1) is 0 Å². The largest absolute Gasteiger partial charge is 0.478 e. The molecule has 4 aromatic rings. The van der Waals surface area contributed by atoms with E-state index in [1.807, 2.05) is 0 Å². The van der Waals surface area contributed by atoms with Gasteiger partial charge in [-0.05, 0) is 97.1 Å². The second-order valence-corrected chi connectivity index (χ2v) is 13.1. The van der Waals surface area contributed by atoms with E-state index in [1.54, 1.807) is 37.3 Å². The number of piperazine rings is 1. The van der Waals surface area contributed by atoms with E-state index in [4.69, 9.17) is 11.6 Å². The molecular weight excluding hydrogens is 694 g/mol. The van der Waals surface area contributed by atoms with E-state index in [-0.39, 0.29) is 53.1 Å². The van der Waals surface area contributed by atoms with E-state index in [9.17, 15) is 34.2 Å². The fraction of sp³-hybridized carbons (Fsp3) is 0.314. The maximum absolute atomic E-state index is 13.7. The quantitative estimate of drug-likeness (QED) is 0.158. The molecule has 0 radical (unpaired) electrons. The summed E-state index contributed by atoms with van der Waals surface area (Å²) in [5, 5.41) is 38.5. The Hall–Kier alpha value is -5.71. The van der Waals surface area contributed by atoms with Gasteiger partial charge < -0.3 is 31.1 Å². The van der Waals surface area contributed by atoms with E-state index in [1.165, 1.54) is 46.2 Å². The molecule has 1 saturated heterocycles. The molecule has 1 atom stereocenters. The monoisotopic (exact) mass is 729 g/mol. The second-order valence-electron chi connectivity index (χ2n) is 12.6. The summed E-state index contributed by atoms with van der Waals surface area (Å²) in [6, 6.07) is 15.3. The number of halogens is 1. The van der Waals surface area contributed by atoms with Gasteiger partial charge in [-0.3, -0.25) is 24.1 Å². The standard InChI is InChI=1S/C35H36ClN9O7/c1-20(32(48)38-23-8-5-21(6-9-23)35(51)52)26-3-2-4-29(44-16-15-43(18-30(44)47)24-10-12-25(46)13-11-24)31(26)40-34(50)33(49)39-27-17-22(36)7-14-28(27)45-19-37-41-42-45/h2-9,14,17,19-20,24-25,46H,10-13,15-16,18H2,1H3,(H,38,48)(H,39,49)(H,40,50)(H,51,52). The van der Waals surface area contributed by atoms with Crippen molar-refractivity contribution in [3.8, 4) is 5.69 Å². The number of aromatic nitrogens is 4. The van der Waals surface area contributed by atoms with E-state index in [0.29, 0.717) is 42.0 Å². The van der Waals surface area contributed by atoms with Crippen molar-refractivity contribution in [2.24, 2.45) is 0 Å². The van der Waals surface area contributed by atoms with Crippen LogP contribution < -0.4 is 20.9 Å². The lowest BCUT2D eigenvalue weighted by atomic mass is 9.91. The summed E-state index contributed by atoms with van der Waals surface area (Å²) in [5.74, 6) is -4.89. The number of nitrogens with one attached hydrogen (secondary N) is 3. The first-order valence-corrected chi connectivity index (χ1v) is 17.0. The lowest BCUT2D eigenvalue weighted by Crippen LogP contribution is -2.54. The molecule has 1 aromatic heterocycles. The maximum Gasteiger partial charge on any atom is 0.335 e. The van der Waals surface area contributed by atoms with Crippen LogP contribution in [0.25, 0.3) is 5.69 Å². The molecule has 1 unspecified atom stereocenters. The molecule has 17 heteroatoms. The molecule has 0 spiro atoms. The summed E-state index contributed by atoms with van der Waals surface area (Å²) in [4.78, 5) is 69.3. The van der Waals surface area contributed by atoms with Crippen molar-refractivity contribution in [2.45, 2.75) is 50.7 Å². The third-order valence-electron chi connectivity index (χ3n) is 9.30. The van der Waals surface area contributed by atoms with Gasteiger partial charge in [-0.2, -0.15) is 4.68 Å². The number of aliphatic hydroxyl groups excluding tert-OH is 1. The molecule has 2 heterocycles. The highest BCUT2D eigenvalue weighted by atomic mass is 35.5. The summed E-state index contributed by atoms with van der Waals surface area (Å²) in [6.07, 6.45) is 3.91. The summed E-state index contributed by atoms with van der Waals surface area (Å²) in [6.45, 7) is 2.56. The number of anilines is 4. The maximum atomic E-state index is 13.7. The van der Waals surface area contributed by atoms with Gasteiger partial charge in [-0.25, -0.2) is 4.79 Å². The number of para-hydroxylation sites is 1. The van der Waals surface area contributed by atoms with Crippen molar-refractivity contribution in [1.82, 2.24) is 25.1 Å². The van der Waals surface area contributed by atoms with Crippen molar-refractivity contribution >= 4 is 63.9 Å². The highest BCUT2D eigenvalue weighted by molar-refractivity contribution is 6.44. The van der Waals surface area contributed by atoms with E-state index >= 15 is 0 Å². The van der Waals surface area contributed by atoms with Gasteiger partial charge >= 0.3 is 17.8 Å². The lowest BCUT2D eigenvalue weighted by Gasteiger charge is -2.41. The molecule has 52 heavy (non-hydrogen) atoms. The Morgan fingerprint density at radius 1 is 0.904 bits per heavy atom. The van der Waals surface area contributed by atoms with Crippen molar-refractivity contribution in [2.75, 3.05) is 40.5 Å². The number of hydrogen-bond donors (Lipinski definition) is 5. The Balaban J connectivity index is 1.28. The predicted octanol–water partition coefficient (Wildman–Crippen LogP) is 3.29. The fourth-order valence-electron chi connectivity index (χ4n) is 6.48. The van der Waals surface area contributed by atoms with Crippen molar-refractivity contribution in [3.05, 3.63) is 83.1 Å². The lowest BCUT2D eigenvalue weighted by molar-refractivity contribution is -0.133. The first-order valence-electron chi connectivity index (χ1n) is 16.6. The molecule has 2 fully saturated rings. The van der Waals surface area contributed by atoms with Gasteiger partial charge in [0.15, 0.2) is 0 Å². The zero-order valence-electron chi connectivity index (χ0n) is 28.0. The Morgan fingerprint density at radius 3 is 2.31 bits per heavy atom. The van der Waals surface area contributed by atoms with E-state index in [0.717, 1.165) is 12.8 Å². The Kier molecular flexibility index (Phi) is 10.9. The molecule has 6 rings (SSSR count). The molecule has 1 aliphatic heterocycles. The van der Waals surface area contributed by atoms with Crippen LogP contribution in [0.4, 0.5) is 22.7 Å². The topological polar surface area (TPSA) is 212 Å². The number of carboxylic acid groups (broad SMARTS) is 1. The molecule has 16 nitrogen and oxygen atoms in total. The minimum Gasteiger partial charge on any atom is -0.478 e. The number of aliphatic hydroxyl groups is 1. The van der Waals surface area contributed by atoms with Crippen LogP contribution in [0.3, 0.4) is 0 Å². The third-order valence-corrected chi connectivity index (χ3v) is 9.54. The Morgan fingerprint density at radius 2 is 1.63 bits per heavy atom. The average molecular weight is 730 g/mol. The average Bonchev–Trinajstić information content (AvgIpc) is 3.67. The van der Waals surface area contributed by atoms with Crippen LogP contribution in [-0.2, 0) is 19.2 Å². The molecule has 3 aromatic carbocycles. The number of nitrogens with zero attached hydrogens (tertiary/aromatic N) is 6. The minimum absolute atomic E-state index is 0.0516. The van der Waals surface area contributed by atoms with Crippen LogP contribution in [0.15, 0.2) is 67.0 Å². The smallest absolute Gasteiger partial charge is 0.335 e. The van der Waals surface area contributed by atoms with Crippen LogP contribution in [0.1, 0.15) is 54.4 Å². The fourth-order valence-corrected chi connectivity index (χ4v) is 6.65. The van der Waals surface area contributed by atoms with Crippen LogP contribution in [-0.4, -0.2) is 96.7 Å². The number of carbonyl (C=O) groups is 5. The summed E-state index contributed by atoms with van der Waals surface area (Å²) >= 11 is 6.19. The molecule has 5 N–H and O–H groups in total. The second kappa shape index (κ2) is 15.7. The number of rotatable bonds is 9. The highest BCUT2D eigenvalue weighted by Gasteiger charge is 2.34. The first-order chi connectivity index (χ1) is 25.0. The van der Waals surface area contributed by atoms with Crippen molar-refractivity contribution in [3.63, 3.8) is 0 Å². The van der Waals surface area contributed by atoms with Crippen LogP contribution >= 0.6 is 11.6 Å². The zero-order chi connectivity index (χ0) is 36.9. The van der Waals surface area contributed by atoms with Gasteiger partial charge in [-0.1, -0.05) is 23.7 Å². The molecule has 0 bridgehead atoms. The summed E-state index contributed by atoms with van der Waals surface area (Å²) < 4.78 is 1.29. The number of amides is 4. The SMILES string of the molecule is CC(C(=O)Nc1ccc(C(=O)O)cc1)c1cccc(N2CCN(C3CCC(O)CC3)CC2=O)c1NC(=O)C(=O)Nc1cc(Cl)ccc1-n1cnnn1. The summed E-state index contributed by atoms with van der Waals surface area (Å²) in [5.41, 5.74) is 1.63. The van der Waals surface area contributed by atoms with Crippen molar-refractivity contribution in [1.29, 1.82) is 0 Å². The van der Waals surface area contributed by atoms with Gasteiger partial charge in [0.1, 0.15) is 6.33 Å². The van der Waals surface area contributed by atoms with Crippen molar-refractivity contribution < 1.29 is 34.2 Å². The molecule has 270 valence electrons. The summed E-state index contributed by atoms with van der Waals surface area (Å²) in [7, 11) is 0. The highest BCUT2D eigenvalue weighted by Crippen LogP contribution is 2.37. The molecular formula is C35H36ClN9O7. The van der Waals surface area contributed by atoms with Crippen LogP contribution in [0.2, 0.25) is 5.02 Å². The third kappa shape index (κ3) is 8.09. The number of carboxylic acids is 1. The van der Waals surface area contributed by atoms with Gasteiger partial charge in [0.05, 0.1) is 46.9 Å². The van der Waals surface area contributed by atoms with Gasteiger partial charge in [-0.15, -0.1) is 5.10 Å². The number of tetrazole rings is 1. The minimum atomic E-state index is -1.11. The first kappa shape index (κ1) is 36.1. The van der Waals surface area contributed by atoms with Crippen LogP contribution in [0.5, 0.6) is 0 Å². The molecule has 1 aliphatic carbocycles. The Bertz CT molecular complexity index is 1980.